The minimum absolute atomic E-state index is 0.0533. The van der Waals surface area contributed by atoms with Gasteiger partial charge >= 0.3 is 0 Å². The first-order chi connectivity index (χ1) is 11.5. The number of piperazine rings is 1. The fraction of sp³-hybridized carbons (Fsp3) is 0.529. The molecule has 2 aliphatic rings. The first-order valence-electron chi connectivity index (χ1n) is 8.14. The van der Waals surface area contributed by atoms with Crippen molar-refractivity contribution in [2.75, 3.05) is 46.4 Å². The number of rotatable bonds is 3. The van der Waals surface area contributed by atoms with Gasteiger partial charge in [-0.1, -0.05) is 12.1 Å². The largest absolute Gasteiger partial charge is 0.366 e. The van der Waals surface area contributed by atoms with Crippen molar-refractivity contribution in [3.8, 4) is 0 Å². The van der Waals surface area contributed by atoms with E-state index in [1.807, 2.05) is 11.9 Å². The molecule has 0 radical (unpaired) electrons. The van der Waals surface area contributed by atoms with E-state index in [9.17, 15) is 14.0 Å². The SMILES string of the molecule is CN1CCOC(C(=O)N2CCN(Cc3cccc(F)c3)C(=O)C2)C1. The maximum atomic E-state index is 13.2. The van der Waals surface area contributed by atoms with Crippen molar-refractivity contribution in [1.82, 2.24) is 14.7 Å². The number of amides is 2. The monoisotopic (exact) mass is 335 g/mol. The second kappa shape index (κ2) is 7.27. The van der Waals surface area contributed by atoms with Crippen molar-refractivity contribution >= 4 is 11.8 Å². The second-order valence-electron chi connectivity index (χ2n) is 6.33. The van der Waals surface area contributed by atoms with Gasteiger partial charge in [-0.25, -0.2) is 4.39 Å². The van der Waals surface area contributed by atoms with Crippen molar-refractivity contribution in [2.45, 2.75) is 12.6 Å². The molecule has 3 rings (SSSR count). The maximum Gasteiger partial charge on any atom is 0.253 e. The molecule has 2 fully saturated rings. The minimum atomic E-state index is -0.494. The van der Waals surface area contributed by atoms with Gasteiger partial charge in [0.05, 0.1) is 13.2 Å². The highest BCUT2D eigenvalue weighted by molar-refractivity contribution is 5.88. The van der Waals surface area contributed by atoms with E-state index in [1.165, 1.54) is 12.1 Å². The van der Waals surface area contributed by atoms with Gasteiger partial charge < -0.3 is 19.4 Å². The van der Waals surface area contributed by atoms with Crippen LogP contribution in [-0.2, 0) is 20.9 Å². The molecular formula is C17H22FN3O3. The Kier molecular flexibility index (Phi) is 5.11. The Hall–Kier alpha value is -1.99. The summed E-state index contributed by atoms with van der Waals surface area (Å²) in [7, 11) is 1.95. The van der Waals surface area contributed by atoms with Gasteiger partial charge in [0.25, 0.3) is 5.91 Å². The molecule has 0 N–H and O–H groups in total. The summed E-state index contributed by atoms with van der Waals surface area (Å²) >= 11 is 0. The van der Waals surface area contributed by atoms with Crippen LogP contribution in [0.15, 0.2) is 24.3 Å². The van der Waals surface area contributed by atoms with Crippen LogP contribution in [0.1, 0.15) is 5.56 Å². The van der Waals surface area contributed by atoms with Crippen LogP contribution in [0.25, 0.3) is 0 Å². The van der Waals surface area contributed by atoms with Crippen LogP contribution in [0.3, 0.4) is 0 Å². The van der Waals surface area contributed by atoms with Crippen LogP contribution in [-0.4, -0.2) is 79.0 Å². The second-order valence-corrected chi connectivity index (χ2v) is 6.33. The third kappa shape index (κ3) is 3.91. The van der Waals surface area contributed by atoms with E-state index in [2.05, 4.69) is 0 Å². The Balaban J connectivity index is 1.56. The molecule has 1 aromatic carbocycles. The van der Waals surface area contributed by atoms with Crippen molar-refractivity contribution in [3.63, 3.8) is 0 Å². The molecule has 130 valence electrons. The topological polar surface area (TPSA) is 53.1 Å². The summed E-state index contributed by atoms with van der Waals surface area (Å²) in [6, 6.07) is 6.23. The van der Waals surface area contributed by atoms with Crippen LogP contribution in [0.4, 0.5) is 4.39 Å². The van der Waals surface area contributed by atoms with Gasteiger partial charge in [0.15, 0.2) is 0 Å². The van der Waals surface area contributed by atoms with Gasteiger partial charge in [0.2, 0.25) is 5.91 Å². The van der Waals surface area contributed by atoms with Gasteiger partial charge in [-0.3, -0.25) is 9.59 Å². The number of hydrogen-bond acceptors (Lipinski definition) is 4. The van der Waals surface area contributed by atoms with Crippen LogP contribution in [0, 0.1) is 5.82 Å². The fourth-order valence-electron chi connectivity index (χ4n) is 3.05. The Morgan fingerprint density at radius 3 is 2.88 bits per heavy atom. The van der Waals surface area contributed by atoms with Crippen molar-refractivity contribution in [1.29, 1.82) is 0 Å². The number of benzene rings is 1. The Bertz CT molecular complexity index is 625. The number of carbonyl (C=O) groups excluding carboxylic acids is 2. The predicted molar refractivity (Wildman–Crippen MR) is 85.6 cm³/mol. The van der Waals surface area contributed by atoms with Crippen molar-refractivity contribution < 1.29 is 18.7 Å². The number of hydrogen-bond donors (Lipinski definition) is 0. The number of ether oxygens (including phenoxy) is 1. The molecule has 2 aliphatic heterocycles. The molecule has 2 heterocycles. The number of halogens is 1. The molecule has 1 aromatic rings. The van der Waals surface area contributed by atoms with E-state index in [0.717, 1.165) is 12.1 Å². The molecule has 0 spiro atoms. The summed E-state index contributed by atoms with van der Waals surface area (Å²) in [6.07, 6.45) is -0.494. The molecular weight excluding hydrogens is 313 g/mol. The first kappa shape index (κ1) is 16.9. The number of carbonyl (C=O) groups is 2. The van der Waals surface area contributed by atoms with Crippen molar-refractivity contribution in [2.24, 2.45) is 0 Å². The molecule has 2 amide bonds. The number of nitrogens with zero attached hydrogens (tertiary/aromatic N) is 3. The van der Waals surface area contributed by atoms with E-state index < -0.39 is 6.10 Å². The summed E-state index contributed by atoms with van der Waals surface area (Å²) in [5.74, 6) is -0.560. The average Bonchev–Trinajstić information content (AvgIpc) is 2.56. The van der Waals surface area contributed by atoms with Gasteiger partial charge in [-0.15, -0.1) is 0 Å². The van der Waals surface area contributed by atoms with E-state index in [1.54, 1.807) is 21.9 Å². The Morgan fingerprint density at radius 2 is 2.17 bits per heavy atom. The normalized spacial score (nSPS) is 22.8. The molecule has 0 bridgehead atoms. The van der Waals surface area contributed by atoms with Crippen molar-refractivity contribution in [3.05, 3.63) is 35.6 Å². The third-order valence-corrected chi connectivity index (χ3v) is 4.44. The zero-order valence-electron chi connectivity index (χ0n) is 13.8. The van der Waals surface area contributed by atoms with Crippen LogP contribution in [0.5, 0.6) is 0 Å². The van der Waals surface area contributed by atoms with Gasteiger partial charge in [-0.2, -0.15) is 0 Å². The minimum Gasteiger partial charge on any atom is -0.366 e. The Morgan fingerprint density at radius 1 is 1.33 bits per heavy atom. The predicted octanol–water partition coefficient (Wildman–Crippen LogP) is 0.327. The molecule has 6 nitrogen and oxygen atoms in total. The number of morpholine rings is 1. The lowest BCUT2D eigenvalue weighted by Crippen LogP contribution is -2.57. The summed E-state index contributed by atoms with van der Waals surface area (Å²) in [4.78, 5) is 30.1. The highest BCUT2D eigenvalue weighted by Gasteiger charge is 2.33. The lowest BCUT2D eigenvalue weighted by molar-refractivity contribution is -0.156. The maximum absolute atomic E-state index is 13.2. The average molecular weight is 335 g/mol. The molecule has 0 aliphatic carbocycles. The van der Waals surface area contributed by atoms with E-state index in [-0.39, 0.29) is 24.2 Å². The summed E-state index contributed by atoms with van der Waals surface area (Å²) in [5, 5.41) is 0. The third-order valence-electron chi connectivity index (χ3n) is 4.44. The smallest absolute Gasteiger partial charge is 0.253 e. The van der Waals surface area contributed by atoms with E-state index in [4.69, 9.17) is 4.74 Å². The van der Waals surface area contributed by atoms with Gasteiger partial charge in [0.1, 0.15) is 11.9 Å². The summed E-state index contributed by atoms with van der Waals surface area (Å²) in [5.41, 5.74) is 0.750. The van der Waals surface area contributed by atoms with Crippen LogP contribution >= 0.6 is 0 Å². The molecule has 1 unspecified atom stereocenters. The van der Waals surface area contributed by atoms with Gasteiger partial charge in [-0.05, 0) is 24.7 Å². The zero-order valence-corrected chi connectivity index (χ0v) is 13.8. The molecule has 2 saturated heterocycles. The van der Waals surface area contributed by atoms with Crippen LogP contribution < -0.4 is 0 Å². The standard InChI is InChI=1S/C17H22FN3O3/c1-19-7-8-24-15(11-19)17(23)21-6-5-20(16(22)12-21)10-13-3-2-4-14(18)9-13/h2-4,9,15H,5-8,10-12H2,1H3. The number of likely N-dealkylation sites (N-methyl/N-ethyl adjacent to an activating group) is 1. The molecule has 0 saturated carbocycles. The highest BCUT2D eigenvalue weighted by Crippen LogP contribution is 2.14. The summed E-state index contributed by atoms with van der Waals surface area (Å²) < 4.78 is 18.8. The zero-order chi connectivity index (χ0) is 17.1. The van der Waals surface area contributed by atoms with E-state index in [0.29, 0.717) is 32.8 Å². The lowest BCUT2D eigenvalue weighted by atomic mass is 10.1. The molecule has 7 heteroatoms. The van der Waals surface area contributed by atoms with Crippen LogP contribution in [0.2, 0.25) is 0 Å². The van der Waals surface area contributed by atoms with Gasteiger partial charge in [0, 0.05) is 32.7 Å². The Labute approximate surface area is 140 Å². The van der Waals surface area contributed by atoms with E-state index >= 15 is 0 Å². The molecule has 24 heavy (non-hydrogen) atoms. The lowest BCUT2D eigenvalue weighted by Gasteiger charge is -2.37. The first-order valence-corrected chi connectivity index (χ1v) is 8.14. The molecule has 0 aromatic heterocycles. The highest BCUT2D eigenvalue weighted by atomic mass is 19.1. The fourth-order valence-corrected chi connectivity index (χ4v) is 3.05. The molecule has 1 atom stereocenters. The summed E-state index contributed by atoms with van der Waals surface area (Å²) in [6.45, 7) is 3.23. The quantitative estimate of drug-likeness (QED) is 0.799.